The van der Waals surface area contributed by atoms with Gasteiger partial charge in [0.05, 0.1) is 25.6 Å². The maximum Gasteiger partial charge on any atom is 0.411 e. The Hall–Kier alpha value is -1.31. The third-order valence-corrected chi connectivity index (χ3v) is 3.12. The van der Waals surface area contributed by atoms with Crippen molar-refractivity contribution in [2.45, 2.75) is 32.4 Å². The Labute approximate surface area is 121 Å². The molecule has 8 heteroatoms. The summed E-state index contributed by atoms with van der Waals surface area (Å²) in [5, 5.41) is 0. The fraction of sp³-hybridized carbons (Fsp3) is 0.846. The average molecular weight is 311 g/mol. The van der Waals surface area contributed by atoms with Gasteiger partial charge in [-0.25, -0.2) is 0 Å². The van der Waals surface area contributed by atoms with Crippen LogP contribution in [0.15, 0.2) is 0 Å². The van der Waals surface area contributed by atoms with Gasteiger partial charge in [-0.15, -0.1) is 0 Å². The fourth-order valence-electron chi connectivity index (χ4n) is 2.16. The molecule has 0 spiro atoms. The number of halogens is 3. The first-order chi connectivity index (χ1) is 9.83. The number of hydrogen-bond donors (Lipinski definition) is 0. The Kier molecular flexibility index (Phi) is 6.94. The van der Waals surface area contributed by atoms with Gasteiger partial charge in [-0.1, -0.05) is 0 Å². The highest BCUT2D eigenvalue weighted by Gasteiger charge is 2.30. The zero-order chi connectivity index (χ0) is 15.9. The van der Waals surface area contributed by atoms with Gasteiger partial charge >= 0.3 is 12.1 Å². The second-order valence-electron chi connectivity index (χ2n) is 4.85. The number of carbonyl (C=O) groups excluding carboxylic acids is 2. The smallest absolute Gasteiger partial charge is 0.411 e. The van der Waals surface area contributed by atoms with Crippen molar-refractivity contribution in [1.29, 1.82) is 0 Å². The van der Waals surface area contributed by atoms with Crippen molar-refractivity contribution in [3.05, 3.63) is 0 Å². The number of carbonyl (C=O) groups is 2. The summed E-state index contributed by atoms with van der Waals surface area (Å²) in [5.41, 5.74) is 0. The molecular weight excluding hydrogens is 291 g/mol. The van der Waals surface area contributed by atoms with Gasteiger partial charge in [0.25, 0.3) is 0 Å². The van der Waals surface area contributed by atoms with Crippen LogP contribution in [0.25, 0.3) is 0 Å². The Balaban J connectivity index is 2.32. The van der Waals surface area contributed by atoms with E-state index in [1.54, 1.807) is 6.92 Å². The van der Waals surface area contributed by atoms with Gasteiger partial charge < -0.3 is 14.4 Å². The highest BCUT2D eigenvalue weighted by atomic mass is 19.4. The van der Waals surface area contributed by atoms with Crippen LogP contribution in [0.4, 0.5) is 13.2 Å². The Morgan fingerprint density at radius 2 is 2.05 bits per heavy atom. The van der Waals surface area contributed by atoms with Crippen LogP contribution in [-0.2, 0) is 19.1 Å². The molecule has 0 aromatic carbocycles. The van der Waals surface area contributed by atoms with E-state index in [2.05, 4.69) is 4.74 Å². The lowest BCUT2D eigenvalue weighted by Crippen LogP contribution is -2.43. The zero-order valence-corrected chi connectivity index (χ0v) is 11.9. The third-order valence-electron chi connectivity index (χ3n) is 3.12. The van der Waals surface area contributed by atoms with Crippen molar-refractivity contribution in [1.82, 2.24) is 4.90 Å². The van der Waals surface area contributed by atoms with Gasteiger partial charge in [0.1, 0.15) is 6.61 Å². The summed E-state index contributed by atoms with van der Waals surface area (Å²) in [4.78, 5) is 25.0. The Bertz CT molecular complexity index is 360. The lowest BCUT2D eigenvalue weighted by Gasteiger charge is -2.31. The van der Waals surface area contributed by atoms with Crippen molar-refractivity contribution in [3.8, 4) is 0 Å². The summed E-state index contributed by atoms with van der Waals surface area (Å²) < 4.78 is 45.0. The summed E-state index contributed by atoms with van der Waals surface area (Å²) in [6, 6.07) is 0. The van der Waals surface area contributed by atoms with E-state index in [9.17, 15) is 22.8 Å². The second kappa shape index (κ2) is 8.21. The summed E-state index contributed by atoms with van der Waals surface area (Å²) in [6.07, 6.45) is -3.17. The number of piperidine rings is 1. The average Bonchev–Trinajstić information content (AvgIpc) is 2.43. The van der Waals surface area contributed by atoms with Gasteiger partial charge in [-0.2, -0.15) is 13.2 Å². The number of likely N-dealkylation sites (tertiary alicyclic amines) is 1. The minimum atomic E-state index is -4.39. The molecule has 0 radical (unpaired) electrons. The molecule has 0 aromatic rings. The molecule has 1 atom stereocenters. The van der Waals surface area contributed by atoms with Gasteiger partial charge in [0.2, 0.25) is 5.91 Å². The summed E-state index contributed by atoms with van der Waals surface area (Å²) >= 11 is 0. The predicted molar refractivity (Wildman–Crippen MR) is 67.4 cm³/mol. The van der Waals surface area contributed by atoms with Crippen molar-refractivity contribution in [2.75, 3.05) is 32.9 Å². The van der Waals surface area contributed by atoms with Crippen LogP contribution in [0.5, 0.6) is 0 Å². The largest absolute Gasteiger partial charge is 0.466 e. The van der Waals surface area contributed by atoms with E-state index >= 15 is 0 Å². The lowest BCUT2D eigenvalue weighted by atomic mass is 9.98. The van der Waals surface area contributed by atoms with Crippen LogP contribution in [0, 0.1) is 5.92 Å². The normalized spacial score (nSPS) is 19.4. The molecule has 1 aliphatic heterocycles. The van der Waals surface area contributed by atoms with E-state index < -0.39 is 12.8 Å². The first kappa shape index (κ1) is 17.7. The van der Waals surface area contributed by atoms with Gasteiger partial charge in [0, 0.05) is 13.1 Å². The maximum absolute atomic E-state index is 11.9. The first-order valence-electron chi connectivity index (χ1n) is 6.92. The molecular formula is C13H20F3NO4. The maximum atomic E-state index is 11.9. The second-order valence-corrected chi connectivity index (χ2v) is 4.85. The predicted octanol–water partition coefficient (Wildman–Crippen LogP) is 1.76. The highest BCUT2D eigenvalue weighted by molar-refractivity contribution is 5.78. The van der Waals surface area contributed by atoms with Crippen LogP contribution < -0.4 is 0 Å². The van der Waals surface area contributed by atoms with Crippen molar-refractivity contribution >= 4 is 11.9 Å². The van der Waals surface area contributed by atoms with Gasteiger partial charge in [-0.05, 0) is 19.8 Å². The number of alkyl halides is 3. The van der Waals surface area contributed by atoms with E-state index in [0.717, 1.165) is 0 Å². The number of hydrogen-bond acceptors (Lipinski definition) is 4. The molecule has 1 rings (SSSR count). The van der Waals surface area contributed by atoms with E-state index in [1.165, 1.54) is 4.90 Å². The summed E-state index contributed by atoms with van der Waals surface area (Å²) in [7, 11) is 0. The van der Waals surface area contributed by atoms with E-state index in [1.807, 2.05) is 0 Å². The molecule has 1 heterocycles. The molecule has 0 saturated carbocycles. The molecule has 0 bridgehead atoms. The first-order valence-corrected chi connectivity index (χ1v) is 6.92. The van der Waals surface area contributed by atoms with Crippen LogP contribution in [0.1, 0.15) is 26.2 Å². The fourth-order valence-corrected chi connectivity index (χ4v) is 2.16. The van der Waals surface area contributed by atoms with Crippen LogP contribution in [0.3, 0.4) is 0 Å². The van der Waals surface area contributed by atoms with Gasteiger partial charge in [0.15, 0.2) is 0 Å². The lowest BCUT2D eigenvalue weighted by molar-refractivity contribution is -0.175. The van der Waals surface area contributed by atoms with Gasteiger partial charge in [-0.3, -0.25) is 9.59 Å². The van der Waals surface area contributed by atoms with Crippen LogP contribution in [0.2, 0.25) is 0 Å². The minimum Gasteiger partial charge on any atom is -0.466 e. The summed E-state index contributed by atoms with van der Waals surface area (Å²) in [6.45, 7) is 1.13. The standard InChI is InChI=1S/C13H20F3NO4/c1-2-21-12(19)10-4-3-6-17(8-10)11(18)5-7-20-9-13(14,15)16/h10H,2-9H2,1H3/t10-/m0/s1. The molecule has 0 unspecified atom stereocenters. The quantitative estimate of drug-likeness (QED) is 0.554. The molecule has 1 saturated heterocycles. The van der Waals surface area contributed by atoms with E-state index in [0.29, 0.717) is 19.4 Å². The third kappa shape index (κ3) is 6.79. The van der Waals surface area contributed by atoms with Crippen LogP contribution >= 0.6 is 0 Å². The molecule has 122 valence electrons. The highest BCUT2D eigenvalue weighted by Crippen LogP contribution is 2.19. The molecule has 0 aromatic heterocycles. The number of nitrogens with zero attached hydrogens (tertiary/aromatic N) is 1. The molecule has 0 N–H and O–H groups in total. The topological polar surface area (TPSA) is 55.8 Å². The van der Waals surface area contributed by atoms with E-state index in [-0.39, 0.29) is 44.0 Å². The number of ether oxygens (including phenoxy) is 2. The summed E-state index contributed by atoms with van der Waals surface area (Å²) in [5.74, 6) is -0.978. The molecule has 1 amide bonds. The zero-order valence-electron chi connectivity index (χ0n) is 11.9. The SMILES string of the molecule is CCOC(=O)[C@H]1CCCN(C(=O)CCOCC(F)(F)F)C1. The number of rotatable bonds is 6. The minimum absolute atomic E-state index is 0.119. The Morgan fingerprint density at radius 3 is 2.67 bits per heavy atom. The molecule has 1 aliphatic rings. The number of amides is 1. The number of esters is 1. The van der Waals surface area contributed by atoms with Crippen molar-refractivity contribution < 1.29 is 32.2 Å². The molecule has 1 fully saturated rings. The molecule has 21 heavy (non-hydrogen) atoms. The molecule has 0 aliphatic carbocycles. The van der Waals surface area contributed by atoms with E-state index in [4.69, 9.17) is 4.74 Å². The molecule has 5 nitrogen and oxygen atoms in total. The van der Waals surface area contributed by atoms with Crippen LogP contribution in [-0.4, -0.2) is 55.9 Å². The van der Waals surface area contributed by atoms with Crippen molar-refractivity contribution in [2.24, 2.45) is 5.92 Å². The van der Waals surface area contributed by atoms with Crippen molar-refractivity contribution in [3.63, 3.8) is 0 Å². The monoisotopic (exact) mass is 311 g/mol. The Morgan fingerprint density at radius 1 is 1.33 bits per heavy atom.